The number of hydrogen-bond donors (Lipinski definition) is 2. The second kappa shape index (κ2) is 11.0. The van der Waals surface area contributed by atoms with Gasteiger partial charge in [-0.05, 0) is 37.6 Å². The number of nitrogens with one attached hydrogen (secondary N) is 2. The van der Waals surface area contributed by atoms with E-state index in [1.165, 1.54) is 36.4 Å². The molecule has 13 heteroatoms. The largest absolute Gasteiger partial charge is 0.353 e. The summed E-state index contributed by atoms with van der Waals surface area (Å²) < 4.78 is 44.8. The molecule has 9 nitrogen and oxygen atoms in total. The van der Waals surface area contributed by atoms with Crippen molar-refractivity contribution in [3.05, 3.63) is 83.3 Å². The quantitative estimate of drug-likeness (QED) is 0.273. The lowest BCUT2D eigenvalue weighted by atomic mass is 10.0. The number of fused-ring (bicyclic) bond motifs is 2. The number of alkyl halides is 2. The zero-order valence-electron chi connectivity index (χ0n) is 22.9. The normalized spacial score (nSPS) is 20.4. The minimum absolute atomic E-state index is 0.109. The highest BCUT2D eigenvalue weighted by atomic mass is 35.5. The van der Waals surface area contributed by atoms with E-state index in [1.807, 2.05) is 0 Å². The lowest BCUT2D eigenvalue weighted by Crippen LogP contribution is -2.53. The molecule has 2 aromatic carbocycles. The molecule has 2 aromatic heterocycles. The standard InChI is InChI=1S/C30H26ClF3N6O3/c1-16(41)21-12-39(25-6-5-18(7-20(21)25)38-19-10-35-15-36-11-19)14-27(42)40-13-23-22(30(23,33)34)8-26(40)29(43)37-9-17-3-2-4-24(31)28(17)32/h2-7,10-12,15,22-23,26,38H,8-9,13-14H2,1H3,(H,37,43)/t22?,23?,26-/m0/s1. The molecule has 3 heterocycles. The number of likely N-dealkylation sites (tertiary alicyclic amines) is 1. The fourth-order valence-electron chi connectivity index (χ4n) is 5.80. The molecule has 1 aliphatic heterocycles. The molecule has 43 heavy (non-hydrogen) atoms. The molecule has 2 amide bonds. The summed E-state index contributed by atoms with van der Waals surface area (Å²) in [6, 6.07) is 8.47. The summed E-state index contributed by atoms with van der Waals surface area (Å²) in [4.78, 5) is 48.5. The van der Waals surface area contributed by atoms with Crippen molar-refractivity contribution in [1.29, 1.82) is 0 Å². The number of rotatable bonds is 8. The van der Waals surface area contributed by atoms with E-state index in [9.17, 15) is 27.6 Å². The second-order valence-corrected chi connectivity index (χ2v) is 11.2. The average Bonchev–Trinajstić information content (AvgIpc) is 3.33. The first-order chi connectivity index (χ1) is 20.5. The number of Topliss-reactive ketones (excluding diaryl/α,β-unsaturated/α-hetero) is 1. The molecule has 3 atom stereocenters. The van der Waals surface area contributed by atoms with Gasteiger partial charge in [0.25, 0.3) is 5.92 Å². The van der Waals surface area contributed by atoms with Crippen LogP contribution in [0.15, 0.2) is 61.3 Å². The smallest absolute Gasteiger partial charge is 0.256 e. The Labute approximate surface area is 249 Å². The highest BCUT2D eigenvalue weighted by molar-refractivity contribution is 6.30. The molecule has 0 radical (unpaired) electrons. The van der Waals surface area contributed by atoms with Crippen molar-refractivity contribution in [1.82, 2.24) is 24.8 Å². The van der Waals surface area contributed by atoms with E-state index in [-0.39, 0.29) is 42.4 Å². The number of benzene rings is 2. The maximum Gasteiger partial charge on any atom is 0.256 e. The van der Waals surface area contributed by atoms with Gasteiger partial charge in [-0.1, -0.05) is 23.7 Å². The summed E-state index contributed by atoms with van der Waals surface area (Å²) in [6.07, 6.45) is 5.93. The molecule has 4 aromatic rings. The SMILES string of the molecule is CC(=O)c1cn(CC(=O)N2CC3C(C[C@H]2C(=O)NCc2cccc(Cl)c2F)C3(F)F)c2ccc(Nc3cncnc3)cc12. The number of carbonyl (C=O) groups excluding carboxylic acids is 3. The topological polar surface area (TPSA) is 109 Å². The minimum atomic E-state index is -2.97. The number of ketones is 1. The summed E-state index contributed by atoms with van der Waals surface area (Å²) in [7, 11) is 0. The van der Waals surface area contributed by atoms with Gasteiger partial charge in [-0.2, -0.15) is 0 Å². The van der Waals surface area contributed by atoms with Crippen molar-refractivity contribution in [3.63, 3.8) is 0 Å². The highest BCUT2D eigenvalue weighted by Gasteiger charge is 2.71. The Hall–Kier alpha value is -4.45. The highest BCUT2D eigenvalue weighted by Crippen LogP contribution is 2.60. The Morgan fingerprint density at radius 1 is 1.09 bits per heavy atom. The van der Waals surface area contributed by atoms with Gasteiger partial charge in [-0.25, -0.2) is 23.1 Å². The van der Waals surface area contributed by atoms with E-state index in [0.717, 1.165) is 0 Å². The first-order valence-corrected chi connectivity index (χ1v) is 14.0. The maximum atomic E-state index is 14.5. The molecule has 1 saturated heterocycles. The molecule has 2 aliphatic rings. The molecule has 2 fully saturated rings. The van der Waals surface area contributed by atoms with Gasteiger partial charge in [0, 0.05) is 58.8 Å². The zero-order chi connectivity index (χ0) is 30.5. The van der Waals surface area contributed by atoms with Gasteiger partial charge in [-0.15, -0.1) is 0 Å². The number of carbonyl (C=O) groups is 3. The van der Waals surface area contributed by atoms with Gasteiger partial charge in [0.1, 0.15) is 24.7 Å². The minimum Gasteiger partial charge on any atom is -0.353 e. The predicted molar refractivity (Wildman–Crippen MR) is 153 cm³/mol. The number of anilines is 2. The lowest BCUT2D eigenvalue weighted by molar-refractivity contribution is -0.143. The van der Waals surface area contributed by atoms with Crippen LogP contribution in [0.25, 0.3) is 10.9 Å². The summed E-state index contributed by atoms with van der Waals surface area (Å²) in [6.45, 7) is 0.629. The van der Waals surface area contributed by atoms with E-state index >= 15 is 0 Å². The van der Waals surface area contributed by atoms with Crippen LogP contribution in [-0.2, 0) is 22.7 Å². The number of piperidine rings is 1. The third-order valence-electron chi connectivity index (χ3n) is 8.14. The van der Waals surface area contributed by atoms with Crippen LogP contribution in [0.4, 0.5) is 24.5 Å². The predicted octanol–water partition coefficient (Wildman–Crippen LogP) is 4.97. The summed E-state index contributed by atoms with van der Waals surface area (Å²) in [5, 5.41) is 6.23. The van der Waals surface area contributed by atoms with Crippen LogP contribution in [0.5, 0.6) is 0 Å². The van der Waals surface area contributed by atoms with Crippen LogP contribution in [0.2, 0.25) is 5.02 Å². The molecule has 0 bridgehead atoms. The van der Waals surface area contributed by atoms with E-state index < -0.39 is 41.4 Å². The summed E-state index contributed by atoms with van der Waals surface area (Å²) in [5.74, 6) is -7.13. The van der Waals surface area contributed by atoms with Crippen molar-refractivity contribution in [2.24, 2.45) is 11.8 Å². The van der Waals surface area contributed by atoms with Crippen LogP contribution in [0.1, 0.15) is 29.3 Å². The van der Waals surface area contributed by atoms with Gasteiger partial charge in [0.2, 0.25) is 11.8 Å². The van der Waals surface area contributed by atoms with Gasteiger partial charge < -0.3 is 20.1 Å². The Kier molecular flexibility index (Phi) is 7.33. The molecule has 1 aliphatic carbocycles. The molecular formula is C30H26ClF3N6O3. The van der Waals surface area contributed by atoms with E-state index in [1.54, 1.807) is 41.4 Å². The van der Waals surface area contributed by atoms with Crippen LogP contribution in [0, 0.1) is 17.7 Å². The third kappa shape index (κ3) is 5.42. The number of amides is 2. The van der Waals surface area contributed by atoms with Crippen LogP contribution < -0.4 is 10.6 Å². The number of hydrogen-bond acceptors (Lipinski definition) is 6. The fourth-order valence-corrected chi connectivity index (χ4v) is 5.99. The Bertz CT molecular complexity index is 1750. The van der Waals surface area contributed by atoms with Gasteiger partial charge in [-0.3, -0.25) is 14.4 Å². The van der Waals surface area contributed by atoms with E-state index in [2.05, 4.69) is 20.6 Å². The van der Waals surface area contributed by atoms with E-state index in [0.29, 0.717) is 27.8 Å². The van der Waals surface area contributed by atoms with Crippen molar-refractivity contribution in [2.45, 2.75) is 38.4 Å². The maximum absolute atomic E-state index is 14.5. The molecule has 0 spiro atoms. The zero-order valence-corrected chi connectivity index (χ0v) is 23.6. The van der Waals surface area contributed by atoms with Crippen LogP contribution in [-0.4, -0.2) is 55.5 Å². The molecule has 6 rings (SSSR count). The molecule has 222 valence electrons. The Balaban J connectivity index is 1.24. The first-order valence-electron chi connectivity index (χ1n) is 13.6. The number of nitrogens with zero attached hydrogens (tertiary/aromatic N) is 4. The van der Waals surface area contributed by atoms with Crippen molar-refractivity contribution in [3.8, 4) is 0 Å². The van der Waals surface area contributed by atoms with Gasteiger partial charge in [0.15, 0.2) is 5.78 Å². The number of aromatic nitrogens is 3. The molecule has 2 N–H and O–H groups in total. The van der Waals surface area contributed by atoms with Crippen LogP contribution in [0.3, 0.4) is 0 Å². The van der Waals surface area contributed by atoms with Crippen molar-refractivity contribution >= 4 is 51.5 Å². The average molecular weight is 611 g/mol. The molecule has 2 unspecified atom stereocenters. The van der Waals surface area contributed by atoms with Gasteiger partial charge in [0.05, 0.1) is 23.1 Å². The van der Waals surface area contributed by atoms with Gasteiger partial charge >= 0.3 is 0 Å². The van der Waals surface area contributed by atoms with Crippen molar-refractivity contribution in [2.75, 3.05) is 11.9 Å². The Morgan fingerprint density at radius 2 is 1.86 bits per heavy atom. The third-order valence-corrected chi connectivity index (χ3v) is 8.43. The second-order valence-electron chi connectivity index (χ2n) is 10.8. The monoisotopic (exact) mass is 610 g/mol. The number of halogens is 4. The first kappa shape index (κ1) is 28.7. The fraction of sp³-hybridized carbons (Fsp3) is 0.300. The summed E-state index contributed by atoms with van der Waals surface area (Å²) in [5.41, 5.74) is 2.40. The van der Waals surface area contributed by atoms with Crippen LogP contribution >= 0.6 is 11.6 Å². The lowest BCUT2D eigenvalue weighted by Gasteiger charge is -2.34. The molecular weight excluding hydrogens is 585 g/mol. The summed E-state index contributed by atoms with van der Waals surface area (Å²) >= 11 is 5.83. The van der Waals surface area contributed by atoms with Crippen molar-refractivity contribution < 1.29 is 27.6 Å². The Morgan fingerprint density at radius 3 is 2.60 bits per heavy atom. The van der Waals surface area contributed by atoms with E-state index in [4.69, 9.17) is 11.6 Å². The molecule has 1 saturated carbocycles.